The van der Waals surface area contributed by atoms with E-state index in [9.17, 15) is 4.79 Å². The highest BCUT2D eigenvalue weighted by atomic mass is 32.2. The Kier molecular flexibility index (Phi) is 6.09. The highest BCUT2D eigenvalue weighted by Crippen LogP contribution is 2.29. The van der Waals surface area contributed by atoms with Crippen LogP contribution in [0.25, 0.3) is 22.2 Å². The lowest BCUT2D eigenvalue weighted by atomic mass is 10.0. The number of pyridine rings is 1. The third kappa shape index (κ3) is 4.47. The van der Waals surface area contributed by atoms with Gasteiger partial charge < -0.3 is 4.74 Å². The topological polar surface area (TPSA) is 54.8 Å². The molecule has 0 atom stereocenters. The Morgan fingerprint density at radius 2 is 1.79 bits per heavy atom. The van der Waals surface area contributed by atoms with Crippen LogP contribution >= 0.6 is 11.8 Å². The SMILES string of the molecule is COc1ccc(-c2cc(C(=O)N3CCSC3=NCc3ccccc3)c3ccccc3n2)cc1. The van der Waals surface area contributed by atoms with Crippen LogP contribution in [-0.2, 0) is 6.54 Å². The van der Waals surface area contributed by atoms with Gasteiger partial charge >= 0.3 is 0 Å². The van der Waals surface area contributed by atoms with Crippen molar-refractivity contribution < 1.29 is 9.53 Å². The molecule has 0 N–H and O–H groups in total. The molecule has 5 nitrogen and oxygen atoms in total. The lowest BCUT2D eigenvalue weighted by Gasteiger charge is -2.18. The molecule has 164 valence electrons. The third-order valence-corrected chi connectivity index (χ3v) is 6.59. The number of amides is 1. The highest BCUT2D eigenvalue weighted by Gasteiger charge is 2.28. The first-order chi connectivity index (χ1) is 16.2. The van der Waals surface area contributed by atoms with E-state index >= 15 is 0 Å². The van der Waals surface area contributed by atoms with E-state index in [-0.39, 0.29) is 5.91 Å². The number of hydrogen-bond acceptors (Lipinski definition) is 5. The molecule has 0 unspecified atom stereocenters. The Bertz CT molecular complexity index is 1320. The average molecular weight is 454 g/mol. The smallest absolute Gasteiger partial charge is 0.260 e. The van der Waals surface area contributed by atoms with Gasteiger partial charge in [0, 0.05) is 23.2 Å². The first kappa shape index (κ1) is 21.2. The third-order valence-electron chi connectivity index (χ3n) is 5.59. The summed E-state index contributed by atoms with van der Waals surface area (Å²) in [6.45, 7) is 1.20. The van der Waals surface area contributed by atoms with E-state index in [4.69, 9.17) is 14.7 Å². The van der Waals surface area contributed by atoms with Crippen LogP contribution in [0.2, 0.25) is 0 Å². The molecule has 1 fully saturated rings. The van der Waals surface area contributed by atoms with Gasteiger partial charge in [-0.05, 0) is 42.0 Å². The summed E-state index contributed by atoms with van der Waals surface area (Å²) in [5.74, 6) is 1.58. The van der Waals surface area contributed by atoms with Crippen molar-refractivity contribution in [2.75, 3.05) is 19.4 Å². The predicted molar refractivity (Wildman–Crippen MR) is 135 cm³/mol. The van der Waals surface area contributed by atoms with E-state index in [1.54, 1.807) is 23.8 Å². The molecule has 0 spiro atoms. The Balaban J connectivity index is 1.51. The standard InChI is InChI=1S/C27H23N3O2S/c1-32-21-13-11-20(12-14-21)25-17-23(22-9-5-6-10-24(22)29-25)26(31)30-15-16-33-27(30)28-18-19-7-3-2-4-8-19/h2-14,17H,15-16,18H2,1H3. The van der Waals surface area contributed by atoms with Crippen molar-refractivity contribution in [3.8, 4) is 17.0 Å². The molecule has 6 heteroatoms. The zero-order chi connectivity index (χ0) is 22.6. The number of rotatable bonds is 5. The summed E-state index contributed by atoms with van der Waals surface area (Å²) in [4.78, 5) is 25.1. The number of carbonyl (C=O) groups is 1. The van der Waals surface area contributed by atoms with Gasteiger partial charge in [0.25, 0.3) is 5.91 Å². The van der Waals surface area contributed by atoms with Gasteiger partial charge in [-0.15, -0.1) is 0 Å². The van der Waals surface area contributed by atoms with Crippen molar-refractivity contribution in [3.05, 3.63) is 96.1 Å². The summed E-state index contributed by atoms with van der Waals surface area (Å²) >= 11 is 1.63. The number of amidine groups is 1. The van der Waals surface area contributed by atoms with Crippen LogP contribution in [-0.4, -0.2) is 40.4 Å². The van der Waals surface area contributed by atoms with Crippen molar-refractivity contribution in [2.45, 2.75) is 6.54 Å². The molecular weight excluding hydrogens is 430 g/mol. The van der Waals surface area contributed by atoms with Gasteiger partial charge in [-0.2, -0.15) is 0 Å². The fourth-order valence-corrected chi connectivity index (χ4v) is 4.81. The maximum Gasteiger partial charge on any atom is 0.260 e. The molecule has 0 radical (unpaired) electrons. The van der Waals surface area contributed by atoms with Crippen LogP contribution < -0.4 is 4.74 Å². The number of aromatic nitrogens is 1. The van der Waals surface area contributed by atoms with Gasteiger partial charge in [-0.3, -0.25) is 14.7 Å². The van der Waals surface area contributed by atoms with E-state index in [0.717, 1.165) is 44.4 Å². The molecule has 3 aromatic carbocycles. The summed E-state index contributed by atoms with van der Waals surface area (Å²) in [7, 11) is 1.64. The molecule has 33 heavy (non-hydrogen) atoms. The van der Waals surface area contributed by atoms with E-state index < -0.39 is 0 Å². The first-order valence-electron chi connectivity index (χ1n) is 10.8. The van der Waals surface area contributed by atoms with Crippen molar-refractivity contribution in [1.82, 2.24) is 9.88 Å². The van der Waals surface area contributed by atoms with Gasteiger partial charge in [0.2, 0.25) is 0 Å². The lowest BCUT2D eigenvalue weighted by molar-refractivity contribution is 0.0861. The van der Waals surface area contributed by atoms with E-state index in [1.165, 1.54) is 0 Å². The van der Waals surface area contributed by atoms with Crippen LogP contribution in [0.4, 0.5) is 0 Å². The van der Waals surface area contributed by atoms with E-state index in [0.29, 0.717) is 18.7 Å². The van der Waals surface area contributed by atoms with Gasteiger partial charge in [0.05, 0.1) is 30.4 Å². The normalized spacial score (nSPS) is 14.7. The second-order valence-corrected chi connectivity index (χ2v) is 8.75. The van der Waals surface area contributed by atoms with Crippen molar-refractivity contribution in [3.63, 3.8) is 0 Å². The van der Waals surface area contributed by atoms with Crippen LogP contribution in [0.3, 0.4) is 0 Å². The second-order valence-electron chi connectivity index (χ2n) is 7.69. The minimum atomic E-state index is -0.0415. The summed E-state index contributed by atoms with van der Waals surface area (Å²) < 4.78 is 5.27. The Morgan fingerprint density at radius 3 is 2.58 bits per heavy atom. The Hall–Kier alpha value is -3.64. The number of carbonyl (C=O) groups excluding carboxylic acids is 1. The first-order valence-corrected chi connectivity index (χ1v) is 11.8. The summed E-state index contributed by atoms with van der Waals surface area (Å²) in [6, 6.07) is 27.5. The average Bonchev–Trinajstić information content (AvgIpc) is 3.36. The van der Waals surface area contributed by atoms with Crippen molar-refractivity contribution >= 4 is 33.7 Å². The summed E-state index contributed by atoms with van der Waals surface area (Å²) in [5.41, 5.74) is 4.25. The second kappa shape index (κ2) is 9.46. The van der Waals surface area contributed by atoms with Gasteiger partial charge in [0.15, 0.2) is 5.17 Å². The fourth-order valence-electron chi connectivity index (χ4n) is 3.87. The van der Waals surface area contributed by atoms with Crippen molar-refractivity contribution in [1.29, 1.82) is 0 Å². The van der Waals surface area contributed by atoms with E-state index in [2.05, 4.69) is 0 Å². The van der Waals surface area contributed by atoms with Gasteiger partial charge in [-0.1, -0.05) is 60.3 Å². The number of methoxy groups -OCH3 is 1. The van der Waals surface area contributed by atoms with Crippen LogP contribution in [0, 0.1) is 0 Å². The molecule has 5 rings (SSSR count). The number of benzene rings is 3. The number of ether oxygens (including phenoxy) is 1. The number of aliphatic imine (C=N–C) groups is 1. The van der Waals surface area contributed by atoms with E-state index in [1.807, 2.05) is 84.9 Å². The molecule has 1 aliphatic heterocycles. The zero-order valence-corrected chi connectivity index (χ0v) is 19.1. The maximum atomic E-state index is 13.8. The van der Waals surface area contributed by atoms with Crippen LogP contribution in [0.15, 0.2) is 89.9 Å². The van der Waals surface area contributed by atoms with Gasteiger partial charge in [-0.25, -0.2) is 4.98 Å². The molecule has 1 aliphatic rings. The molecule has 1 amide bonds. The minimum absolute atomic E-state index is 0.0415. The number of hydrogen-bond donors (Lipinski definition) is 0. The number of fused-ring (bicyclic) bond motifs is 1. The molecule has 1 saturated heterocycles. The maximum absolute atomic E-state index is 13.8. The zero-order valence-electron chi connectivity index (χ0n) is 18.3. The van der Waals surface area contributed by atoms with Crippen molar-refractivity contribution in [2.24, 2.45) is 4.99 Å². The summed E-state index contributed by atoms with van der Waals surface area (Å²) in [6.07, 6.45) is 0. The molecule has 0 aliphatic carbocycles. The number of thioether (sulfide) groups is 1. The molecule has 4 aromatic rings. The monoisotopic (exact) mass is 453 g/mol. The fraction of sp³-hybridized carbons (Fsp3) is 0.148. The molecular formula is C27H23N3O2S. The summed E-state index contributed by atoms with van der Waals surface area (Å²) in [5, 5.41) is 1.62. The van der Waals surface area contributed by atoms with Gasteiger partial charge in [0.1, 0.15) is 5.75 Å². The lowest BCUT2D eigenvalue weighted by Crippen LogP contribution is -2.32. The highest BCUT2D eigenvalue weighted by molar-refractivity contribution is 8.14. The molecule has 1 aromatic heterocycles. The van der Waals surface area contributed by atoms with Crippen LogP contribution in [0.1, 0.15) is 15.9 Å². The number of nitrogens with zero attached hydrogens (tertiary/aromatic N) is 3. The molecule has 0 saturated carbocycles. The Labute approximate surface area is 197 Å². The number of para-hydroxylation sites is 1. The minimum Gasteiger partial charge on any atom is -0.497 e. The molecule has 2 heterocycles. The molecule has 0 bridgehead atoms. The predicted octanol–water partition coefficient (Wildman–Crippen LogP) is 5.66. The quantitative estimate of drug-likeness (QED) is 0.392. The largest absolute Gasteiger partial charge is 0.497 e. The Morgan fingerprint density at radius 1 is 1.03 bits per heavy atom. The van der Waals surface area contributed by atoms with Crippen LogP contribution in [0.5, 0.6) is 5.75 Å².